The number of para-hydroxylation sites is 2. The van der Waals surface area contributed by atoms with Crippen molar-refractivity contribution in [3.8, 4) is 0 Å². The molecule has 0 radical (unpaired) electrons. The molecule has 1 saturated carbocycles. The molecule has 0 amide bonds. The van der Waals surface area contributed by atoms with Crippen molar-refractivity contribution < 1.29 is 0 Å². The fourth-order valence-corrected chi connectivity index (χ4v) is 3.42. The first-order valence-electron chi connectivity index (χ1n) is 8.11. The quantitative estimate of drug-likeness (QED) is 0.610. The van der Waals surface area contributed by atoms with Crippen molar-refractivity contribution in [3.05, 3.63) is 65.9 Å². The van der Waals surface area contributed by atoms with Crippen molar-refractivity contribution in [2.75, 3.05) is 0 Å². The third-order valence-electron chi connectivity index (χ3n) is 4.61. The molecule has 2 nitrogen and oxygen atoms in total. The van der Waals surface area contributed by atoms with Crippen molar-refractivity contribution in [3.63, 3.8) is 0 Å². The second-order valence-electron chi connectivity index (χ2n) is 6.11. The molecule has 2 aromatic carbocycles. The summed E-state index contributed by atoms with van der Waals surface area (Å²) in [4.78, 5) is 8.24. The van der Waals surface area contributed by atoms with E-state index in [1.54, 1.807) is 0 Å². The maximum absolute atomic E-state index is 4.59. The molecule has 0 bridgehead atoms. The first-order chi connectivity index (χ1) is 10.9. The summed E-state index contributed by atoms with van der Waals surface area (Å²) in [6.07, 6.45) is 7.33. The van der Waals surface area contributed by atoms with Gasteiger partial charge in [0.05, 0.1) is 11.2 Å². The highest BCUT2D eigenvalue weighted by Crippen LogP contribution is 2.35. The van der Waals surface area contributed by atoms with Gasteiger partial charge in [0.2, 0.25) is 0 Å². The molecule has 110 valence electrons. The van der Waals surface area contributed by atoms with Gasteiger partial charge in [0.1, 0.15) is 0 Å². The fraction of sp³-hybridized carbons (Fsp3) is 0.250. The second-order valence-corrected chi connectivity index (χ2v) is 6.11. The molecule has 0 atom stereocenters. The van der Waals surface area contributed by atoms with Crippen LogP contribution in [0.15, 0.2) is 59.6 Å². The van der Waals surface area contributed by atoms with Crippen LogP contribution in [0.3, 0.4) is 0 Å². The number of aliphatic imine (C=N–C) groups is 1. The van der Waals surface area contributed by atoms with Crippen LogP contribution < -0.4 is 0 Å². The third kappa shape index (κ3) is 2.57. The van der Waals surface area contributed by atoms with Gasteiger partial charge in [-0.05, 0) is 37.0 Å². The van der Waals surface area contributed by atoms with E-state index in [4.69, 9.17) is 0 Å². The Bertz CT molecular complexity index is 793. The summed E-state index contributed by atoms with van der Waals surface area (Å²) in [5.41, 5.74) is 4.75. The minimum atomic E-state index is 0.714. The second kappa shape index (κ2) is 5.80. The molecule has 1 aliphatic rings. The van der Waals surface area contributed by atoms with E-state index in [1.165, 1.54) is 42.3 Å². The summed E-state index contributed by atoms with van der Waals surface area (Å²) in [6, 6.07) is 18.8. The molecular formula is C20H20N2. The van der Waals surface area contributed by atoms with Crippen LogP contribution in [0, 0.1) is 0 Å². The number of benzene rings is 2. The maximum Gasteiger partial charge on any atom is 0.0629 e. The molecule has 0 spiro atoms. The van der Waals surface area contributed by atoms with Gasteiger partial charge >= 0.3 is 0 Å². The van der Waals surface area contributed by atoms with E-state index in [2.05, 4.69) is 34.2 Å². The van der Waals surface area contributed by atoms with Crippen LogP contribution in [0.1, 0.15) is 42.9 Å². The maximum atomic E-state index is 4.59. The van der Waals surface area contributed by atoms with Gasteiger partial charge in [-0.2, -0.15) is 0 Å². The largest absolute Gasteiger partial charge is 0.358 e. The van der Waals surface area contributed by atoms with E-state index in [1.807, 2.05) is 36.5 Å². The number of H-pyrrole nitrogens is 1. The average Bonchev–Trinajstić information content (AvgIpc) is 3.22. The van der Waals surface area contributed by atoms with E-state index in [0.29, 0.717) is 5.92 Å². The Labute approximate surface area is 130 Å². The summed E-state index contributed by atoms with van der Waals surface area (Å²) in [5, 5.41) is 1.29. The van der Waals surface area contributed by atoms with Gasteiger partial charge in [0.25, 0.3) is 0 Å². The molecule has 1 aromatic heterocycles. The van der Waals surface area contributed by atoms with Gasteiger partial charge in [-0.15, -0.1) is 0 Å². The van der Waals surface area contributed by atoms with Crippen molar-refractivity contribution >= 4 is 22.8 Å². The van der Waals surface area contributed by atoms with Crippen molar-refractivity contribution in [1.82, 2.24) is 4.98 Å². The predicted molar refractivity (Wildman–Crippen MR) is 93.2 cm³/mol. The molecule has 0 unspecified atom stereocenters. The van der Waals surface area contributed by atoms with Gasteiger partial charge in [0.15, 0.2) is 0 Å². The van der Waals surface area contributed by atoms with Crippen LogP contribution in [0.2, 0.25) is 0 Å². The SMILES string of the molecule is C(=N\c1ccccc1)/c1cccc2cc(C3CCCC3)[nH]c12. The number of nitrogens with one attached hydrogen (secondary N) is 1. The molecule has 4 rings (SSSR count). The Morgan fingerprint density at radius 1 is 0.955 bits per heavy atom. The third-order valence-corrected chi connectivity index (χ3v) is 4.61. The normalized spacial score (nSPS) is 16.0. The smallest absolute Gasteiger partial charge is 0.0629 e. The molecule has 22 heavy (non-hydrogen) atoms. The minimum absolute atomic E-state index is 0.714. The van der Waals surface area contributed by atoms with Gasteiger partial charge < -0.3 is 4.98 Å². The molecule has 1 N–H and O–H groups in total. The molecule has 1 fully saturated rings. The van der Waals surface area contributed by atoms with E-state index < -0.39 is 0 Å². The lowest BCUT2D eigenvalue weighted by Gasteiger charge is -2.04. The number of aromatic nitrogens is 1. The Hall–Kier alpha value is -2.35. The molecule has 1 aliphatic carbocycles. The molecular weight excluding hydrogens is 268 g/mol. The highest BCUT2D eigenvalue weighted by atomic mass is 14.7. The van der Waals surface area contributed by atoms with Crippen LogP contribution in [-0.4, -0.2) is 11.2 Å². The molecule has 0 saturated heterocycles. The minimum Gasteiger partial charge on any atom is -0.358 e. The number of hydrogen-bond acceptors (Lipinski definition) is 1. The first kappa shape index (κ1) is 13.3. The topological polar surface area (TPSA) is 28.1 Å². The number of fused-ring (bicyclic) bond motifs is 1. The Morgan fingerprint density at radius 3 is 2.59 bits per heavy atom. The summed E-state index contributed by atoms with van der Waals surface area (Å²) in [6.45, 7) is 0. The predicted octanol–water partition coefficient (Wildman–Crippen LogP) is 5.58. The molecule has 0 aliphatic heterocycles. The van der Waals surface area contributed by atoms with Gasteiger partial charge in [-0.3, -0.25) is 4.99 Å². The van der Waals surface area contributed by atoms with Crippen LogP contribution >= 0.6 is 0 Å². The van der Waals surface area contributed by atoms with E-state index in [-0.39, 0.29) is 0 Å². The van der Waals surface area contributed by atoms with E-state index in [0.717, 1.165) is 11.3 Å². The van der Waals surface area contributed by atoms with Crippen molar-refractivity contribution in [2.24, 2.45) is 4.99 Å². The Morgan fingerprint density at radius 2 is 1.77 bits per heavy atom. The Balaban J connectivity index is 1.70. The van der Waals surface area contributed by atoms with Crippen LogP contribution in [0.5, 0.6) is 0 Å². The molecule has 3 aromatic rings. The fourth-order valence-electron chi connectivity index (χ4n) is 3.42. The van der Waals surface area contributed by atoms with Crippen LogP contribution in [0.4, 0.5) is 5.69 Å². The zero-order valence-corrected chi connectivity index (χ0v) is 12.6. The number of rotatable bonds is 3. The highest BCUT2D eigenvalue weighted by molar-refractivity contribution is 5.99. The van der Waals surface area contributed by atoms with E-state index >= 15 is 0 Å². The highest BCUT2D eigenvalue weighted by Gasteiger charge is 2.19. The monoisotopic (exact) mass is 288 g/mol. The van der Waals surface area contributed by atoms with Crippen molar-refractivity contribution in [2.45, 2.75) is 31.6 Å². The molecule has 1 heterocycles. The summed E-state index contributed by atoms with van der Waals surface area (Å²) in [7, 11) is 0. The lowest BCUT2D eigenvalue weighted by Crippen LogP contribution is -1.91. The molecule has 2 heteroatoms. The summed E-state index contributed by atoms with van der Waals surface area (Å²) < 4.78 is 0. The number of nitrogens with zero attached hydrogens (tertiary/aromatic N) is 1. The summed E-state index contributed by atoms with van der Waals surface area (Å²) in [5.74, 6) is 0.714. The zero-order valence-electron chi connectivity index (χ0n) is 12.6. The standard InChI is InChI=1S/C20H20N2/c1-2-11-18(12-3-1)21-14-17-10-6-9-16-13-19(22-20(16)17)15-7-4-5-8-15/h1-3,6,9-15,22H,4-5,7-8H2/b21-14+. The van der Waals surface area contributed by atoms with Gasteiger partial charge in [0, 0.05) is 22.9 Å². The van der Waals surface area contributed by atoms with E-state index in [9.17, 15) is 0 Å². The van der Waals surface area contributed by atoms with Gasteiger partial charge in [-0.25, -0.2) is 0 Å². The number of aromatic amines is 1. The summed E-state index contributed by atoms with van der Waals surface area (Å²) >= 11 is 0. The van der Waals surface area contributed by atoms with Crippen molar-refractivity contribution in [1.29, 1.82) is 0 Å². The van der Waals surface area contributed by atoms with Crippen LogP contribution in [-0.2, 0) is 0 Å². The zero-order chi connectivity index (χ0) is 14.8. The van der Waals surface area contributed by atoms with Crippen LogP contribution in [0.25, 0.3) is 10.9 Å². The lowest BCUT2D eigenvalue weighted by atomic mass is 10.0. The first-order valence-corrected chi connectivity index (χ1v) is 8.11. The van der Waals surface area contributed by atoms with Gasteiger partial charge in [-0.1, -0.05) is 49.2 Å². The number of hydrogen-bond donors (Lipinski definition) is 1. The average molecular weight is 288 g/mol. The Kier molecular flexibility index (Phi) is 3.51. The lowest BCUT2D eigenvalue weighted by molar-refractivity contribution is 0.705.